The van der Waals surface area contributed by atoms with Crippen molar-refractivity contribution < 1.29 is 14.3 Å². The first-order valence-electron chi connectivity index (χ1n) is 9.03. The third kappa shape index (κ3) is 3.83. The number of esters is 1. The van der Waals surface area contributed by atoms with Gasteiger partial charge in [-0.05, 0) is 65.8 Å². The molecule has 9 heteroatoms. The van der Waals surface area contributed by atoms with Crippen molar-refractivity contribution in [3.8, 4) is 0 Å². The standard InChI is InChI=1S/C18H21N5O3S/c1-26-17(25)12-4-6-14(7-5-12)19-16(24)10-27-18-20-21-22-23(18)15-9-11-2-3-13(15)8-11/h4-7,11,13,15H,2-3,8-10H2,1H3,(H,19,24)/t11-,13+,15-/m0/s1. The number of nitrogens with one attached hydrogen (secondary N) is 1. The molecule has 8 nitrogen and oxygen atoms in total. The van der Waals surface area contributed by atoms with Crippen LogP contribution in [0.2, 0.25) is 0 Å². The first kappa shape index (κ1) is 18.0. The number of benzene rings is 1. The van der Waals surface area contributed by atoms with Crippen LogP contribution in [0.25, 0.3) is 0 Å². The maximum Gasteiger partial charge on any atom is 0.337 e. The lowest BCUT2D eigenvalue weighted by molar-refractivity contribution is -0.113. The second-order valence-electron chi connectivity index (χ2n) is 7.05. The molecule has 4 rings (SSSR count). The van der Waals surface area contributed by atoms with E-state index in [1.807, 2.05) is 4.68 Å². The highest BCUT2D eigenvalue weighted by Crippen LogP contribution is 2.50. The predicted molar refractivity (Wildman–Crippen MR) is 99.4 cm³/mol. The van der Waals surface area contributed by atoms with Crippen LogP contribution in [0, 0.1) is 11.8 Å². The molecule has 142 valence electrons. The number of hydrogen-bond acceptors (Lipinski definition) is 7. The molecule has 0 saturated heterocycles. The van der Waals surface area contributed by atoms with Gasteiger partial charge < -0.3 is 10.1 Å². The van der Waals surface area contributed by atoms with Crippen LogP contribution in [0.5, 0.6) is 0 Å². The van der Waals surface area contributed by atoms with Crippen LogP contribution in [-0.4, -0.2) is 44.9 Å². The van der Waals surface area contributed by atoms with Gasteiger partial charge in [0.2, 0.25) is 11.1 Å². The summed E-state index contributed by atoms with van der Waals surface area (Å²) in [4.78, 5) is 23.7. The van der Waals surface area contributed by atoms with Gasteiger partial charge in [0.05, 0.1) is 24.5 Å². The van der Waals surface area contributed by atoms with E-state index in [2.05, 4.69) is 25.6 Å². The number of carbonyl (C=O) groups is 2. The van der Waals surface area contributed by atoms with E-state index in [4.69, 9.17) is 0 Å². The lowest BCUT2D eigenvalue weighted by Gasteiger charge is -2.22. The molecule has 2 saturated carbocycles. The number of anilines is 1. The molecule has 2 fully saturated rings. The van der Waals surface area contributed by atoms with Crippen LogP contribution < -0.4 is 5.32 Å². The molecule has 3 atom stereocenters. The summed E-state index contributed by atoms with van der Waals surface area (Å²) in [6.07, 6.45) is 4.99. The number of rotatable bonds is 6. The number of methoxy groups -OCH3 is 1. The highest BCUT2D eigenvalue weighted by atomic mass is 32.2. The van der Waals surface area contributed by atoms with Crippen LogP contribution in [0.4, 0.5) is 5.69 Å². The maximum atomic E-state index is 12.2. The molecule has 1 aromatic heterocycles. The van der Waals surface area contributed by atoms with Crippen molar-refractivity contribution in [3.05, 3.63) is 29.8 Å². The van der Waals surface area contributed by atoms with Gasteiger partial charge in [0.15, 0.2) is 0 Å². The molecule has 0 aliphatic heterocycles. The Kier molecular flexibility index (Phi) is 5.11. The third-order valence-corrected chi connectivity index (χ3v) is 6.33. The summed E-state index contributed by atoms with van der Waals surface area (Å²) < 4.78 is 6.57. The summed E-state index contributed by atoms with van der Waals surface area (Å²) in [5.41, 5.74) is 1.07. The quantitative estimate of drug-likeness (QED) is 0.601. The van der Waals surface area contributed by atoms with E-state index < -0.39 is 5.97 Å². The van der Waals surface area contributed by atoms with Gasteiger partial charge in [0, 0.05) is 5.69 Å². The summed E-state index contributed by atoms with van der Waals surface area (Å²) in [5, 5.41) is 15.6. The minimum Gasteiger partial charge on any atom is -0.465 e. The van der Waals surface area contributed by atoms with Crippen LogP contribution in [0.1, 0.15) is 42.1 Å². The molecule has 1 N–H and O–H groups in total. The van der Waals surface area contributed by atoms with Gasteiger partial charge in [-0.25, -0.2) is 9.48 Å². The Balaban J connectivity index is 1.32. The maximum absolute atomic E-state index is 12.2. The highest BCUT2D eigenvalue weighted by molar-refractivity contribution is 7.99. The fraction of sp³-hybridized carbons (Fsp3) is 0.500. The molecule has 0 spiro atoms. The second kappa shape index (κ2) is 7.67. The number of ether oxygens (including phenoxy) is 1. The monoisotopic (exact) mass is 387 g/mol. The zero-order chi connectivity index (χ0) is 18.8. The Labute approximate surface area is 161 Å². The summed E-state index contributed by atoms with van der Waals surface area (Å²) in [5.74, 6) is 1.14. The molecule has 2 aliphatic rings. The third-order valence-electron chi connectivity index (χ3n) is 5.40. The van der Waals surface area contributed by atoms with E-state index in [1.54, 1.807) is 24.3 Å². The molecule has 1 amide bonds. The average Bonchev–Trinajstić information content (AvgIpc) is 3.42. The van der Waals surface area contributed by atoms with Gasteiger partial charge in [0.25, 0.3) is 0 Å². The van der Waals surface area contributed by atoms with E-state index in [1.165, 1.54) is 38.1 Å². The first-order valence-corrected chi connectivity index (χ1v) is 10.0. The number of nitrogens with zero attached hydrogens (tertiary/aromatic N) is 4. The number of thioether (sulfide) groups is 1. The van der Waals surface area contributed by atoms with Gasteiger partial charge in [0.1, 0.15) is 0 Å². The van der Waals surface area contributed by atoms with Crippen LogP contribution in [0.15, 0.2) is 29.4 Å². The Bertz CT molecular complexity index is 838. The molecule has 2 aliphatic carbocycles. The molecule has 0 unspecified atom stereocenters. The van der Waals surface area contributed by atoms with E-state index in [9.17, 15) is 9.59 Å². The Hall–Kier alpha value is -2.42. The number of amides is 1. The van der Waals surface area contributed by atoms with Crippen molar-refractivity contribution in [2.24, 2.45) is 11.8 Å². The fourth-order valence-corrected chi connectivity index (χ4v) is 4.86. The number of fused-ring (bicyclic) bond motifs is 2. The van der Waals surface area contributed by atoms with Gasteiger partial charge in [-0.15, -0.1) is 5.10 Å². The topological polar surface area (TPSA) is 99.0 Å². The number of carbonyl (C=O) groups excluding carboxylic acids is 2. The van der Waals surface area contributed by atoms with Gasteiger partial charge >= 0.3 is 5.97 Å². The summed E-state index contributed by atoms with van der Waals surface area (Å²) >= 11 is 1.35. The van der Waals surface area contributed by atoms with Crippen LogP contribution >= 0.6 is 11.8 Å². The fourth-order valence-electron chi connectivity index (χ4n) is 4.13. The van der Waals surface area contributed by atoms with E-state index >= 15 is 0 Å². The molecule has 2 aromatic rings. The first-order chi connectivity index (χ1) is 13.1. The molecular formula is C18H21N5O3S. The molecule has 2 bridgehead atoms. The molecule has 27 heavy (non-hydrogen) atoms. The highest BCUT2D eigenvalue weighted by Gasteiger charge is 2.42. The van der Waals surface area contributed by atoms with E-state index in [0.29, 0.717) is 28.4 Å². The second-order valence-corrected chi connectivity index (χ2v) is 8.00. The van der Waals surface area contributed by atoms with Gasteiger partial charge in [-0.3, -0.25) is 4.79 Å². The summed E-state index contributed by atoms with van der Waals surface area (Å²) in [7, 11) is 1.33. The van der Waals surface area contributed by atoms with Crippen molar-refractivity contribution in [3.63, 3.8) is 0 Å². The lowest BCUT2D eigenvalue weighted by Crippen LogP contribution is -2.19. The lowest BCUT2D eigenvalue weighted by atomic mass is 9.96. The number of aromatic nitrogens is 4. The van der Waals surface area contributed by atoms with Gasteiger partial charge in [-0.1, -0.05) is 18.2 Å². The zero-order valence-corrected chi connectivity index (χ0v) is 15.8. The average molecular weight is 387 g/mol. The molecular weight excluding hydrogens is 366 g/mol. The van der Waals surface area contributed by atoms with Crippen molar-refractivity contribution >= 4 is 29.3 Å². The van der Waals surface area contributed by atoms with E-state index in [-0.39, 0.29) is 11.7 Å². The Morgan fingerprint density at radius 3 is 2.74 bits per heavy atom. The molecule has 0 radical (unpaired) electrons. The zero-order valence-electron chi connectivity index (χ0n) is 15.0. The van der Waals surface area contributed by atoms with Crippen LogP contribution in [-0.2, 0) is 9.53 Å². The van der Waals surface area contributed by atoms with Crippen LogP contribution in [0.3, 0.4) is 0 Å². The number of hydrogen-bond donors (Lipinski definition) is 1. The normalized spacial score (nSPS) is 23.4. The minimum atomic E-state index is -0.407. The van der Waals surface area contributed by atoms with E-state index in [0.717, 1.165) is 12.3 Å². The Morgan fingerprint density at radius 1 is 1.26 bits per heavy atom. The largest absolute Gasteiger partial charge is 0.465 e. The molecule has 1 heterocycles. The van der Waals surface area contributed by atoms with Crippen molar-refractivity contribution in [2.45, 2.75) is 36.9 Å². The number of tetrazole rings is 1. The summed E-state index contributed by atoms with van der Waals surface area (Å²) in [6, 6.07) is 6.95. The summed E-state index contributed by atoms with van der Waals surface area (Å²) in [6.45, 7) is 0. The minimum absolute atomic E-state index is 0.145. The van der Waals surface area contributed by atoms with Crippen molar-refractivity contribution in [1.82, 2.24) is 20.2 Å². The van der Waals surface area contributed by atoms with Crippen molar-refractivity contribution in [2.75, 3.05) is 18.2 Å². The smallest absolute Gasteiger partial charge is 0.337 e. The SMILES string of the molecule is COC(=O)c1ccc(NC(=O)CSc2nnnn2[C@H]2C[C@H]3CC[C@@H]2C3)cc1. The predicted octanol–water partition coefficient (Wildman–Crippen LogP) is 2.55. The van der Waals surface area contributed by atoms with Gasteiger partial charge in [-0.2, -0.15) is 0 Å². The van der Waals surface area contributed by atoms with Crippen molar-refractivity contribution in [1.29, 1.82) is 0 Å². The molecule has 1 aromatic carbocycles. The Morgan fingerprint density at radius 2 is 2.07 bits per heavy atom.